The molecule has 0 atom stereocenters. The van der Waals surface area contributed by atoms with Gasteiger partial charge in [-0.3, -0.25) is 4.79 Å². The summed E-state index contributed by atoms with van der Waals surface area (Å²) in [4.78, 5) is 12.1. The number of carbonyl (C=O) groups excluding carboxylic acids is 1. The van der Waals surface area contributed by atoms with Gasteiger partial charge in [0, 0.05) is 25.2 Å². The SMILES string of the molecule is Cc1cccc(CNCCC(=O)Nc2ccc(Oc3ccccc3)cc2)c1. The normalized spacial score (nSPS) is 10.4. The van der Waals surface area contributed by atoms with E-state index in [0.29, 0.717) is 13.0 Å². The summed E-state index contributed by atoms with van der Waals surface area (Å²) in [6.07, 6.45) is 0.425. The molecule has 0 aliphatic rings. The molecule has 0 saturated carbocycles. The van der Waals surface area contributed by atoms with Crippen LogP contribution in [0.5, 0.6) is 11.5 Å². The molecule has 0 aliphatic heterocycles. The zero-order chi connectivity index (χ0) is 18.9. The van der Waals surface area contributed by atoms with E-state index in [2.05, 4.69) is 35.8 Å². The van der Waals surface area contributed by atoms with Gasteiger partial charge in [0.15, 0.2) is 0 Å². The lowest BCUT2D eigenvalue weighted by molar-refractivity contribution is -0.116. The van der Waals surface area contributed by atoms with E-state index in [-0.39, 0.29) is 5.91 Å². The number of hydrogen-bond acceptors (Lipinski definition) is 3. The number of anilines is 1. The van der Waals surface area contributed by atoms with Crippen LogP contribution in [-0.4, -0.2) is 12.5 Å². The number of benzene rings is 3. The summed E-state index contributed by atoms with van der Waals surface area (Å²) in [5, 5.41) is 6.21. The van der Waals surface area contributed by atoms with E-state index in [1.54, 1.807) is 0 Å². The Morgan fingerprint density at radius 2 is 1.63 bits per heavy atom. The van der Waals surface area contributed by atoms with Crippen LogP contribution in [0.1, 0.15) is 17.5 Å². The van der Waals surface area contributed by atoms with Gasteiger partial charge in [0.1, 0.15) is 11.5 Å². The summed E-state index contributed by atoms with van der Waals surface area (Å²) in [5.74, 6) is 1.51. The summed E-state index contributed by atoms with van der Waals surface area (Å²) in [7, 11) is 0. The van der Waals surface area contributed by atoms with Gasteiger partial charge >= 0.3 is 0 Å². The molecule has 0 bridgehead atoms. The van der Waals surface area contributed by atoms with E-state index in [9.17, 15) is 4.79 Å². The molecular formula is C23H24N2O2. The van der Waals surface area contributed by atoms with Gasteiger partial charge in [-0.25, -0.2) is 0 Å². The molecule has 0 aromatic heterocycles. The third-order valence-corrected chi connectivity index (χ3v) is 4.06. The number of rotatable bonds is 8. The third-order valence-electron chi connectivity index (χ3n) is 4.06. The van der Waals surface area contributed by atoms with Crippen molar-refractivity contribution in [2.75, 3.05) is 11.9 Å². The van der Waals surface area contributed by atoms with E-state index in [0.717, 1.165) is 23.7 Å². The van der Waals surface area contributed by atoms with Crippen molar-refractivity contribution in [1.29, 1.82) is 0 Å². The summed E-state index contributed by atoms with van der Waals surface area (Å²) in [6, 6.07) is 25.3. The van der Waals surface area contributed by atoms with Crippen molar-refractivity contribution >= 4 is 11.6 Å². The molecule has 0 saturated heterocycles. The van der Waals surface area contributed by atoms with Crippen LogP contribution in [0.25, 0.3) is 0 Å². The average molecular weight is 360 g/mol. The van der Waals surface area contributed by atoms with Crippen LogP contribution in [-0.2, 0) is 11.3 Å². The first-order valence-electron chi connectivity index (χ1n) is 9.08. The summed E-state index contributed by atoms with van der Waals surface area (Å²) < 4.78 is 5.75. The molecule has 4 heteroatoms. The monoisotopic (exact) mass is 360 g/mol. The maximum atomic E-state index is 12.1. The molecule has 1 amide bonds. The number of aryl methyl sites for hydroxylation is 1. The lowest BCUT2D eigenvalue weighted by Crippen LogP contribution is -2.21. The molecule has 0 spiro atoms. The largest absolute Gasteiger partial charge is 0.457 e. The highest BCUT2D eigenvalue weighted by Crippen LogP contribution is 2.22. The van der Waals surface area contributed by atoms with Crippen LogP contribution >= 0.6 is 0 Å². The first-order valence-corrected chi connectivity index (χ1v) is 9.08. The van der Waals surface area contributed by atoms with Crippen LogP contribution in [0.15, 0.2) is 78.9 Å². The fraction of sp³-hybridized carbons (Fsp3) is 0.174. The van der Waals surface area contributed by atoms with Crippen molar-refractivity contribution in [1.82, 2.24) is 5.32 Å². The van der Waals surface area contributed by atoms with Crippen LogP contribution < -0.4 is 15.4 Å². The van der Waals surface area contributed by atoms with Crippen LogP contribution in [0.3, 0.4) is 0 Å². The Labute approximate surface area is 160 Å². The van der Waals surface area contributed by atoms with Gasteiger partial charge in [-0.1, -0.05) is 48.0 Å². The second kappa shape index (κ2) is 9.55. The predicted octanol–water partition coefficient (Wildman–Crippen LogP) is 4.91. The zero-order valence-corrected chi connectivity index (χ0v) is 15.4. The van der Waals surface area contributed by atoms with Crippen molar-refractivity contribution in [3.63, 3.8) is 0 Å². The Morgan fingerprint density at radius 3 is 2.37 bits per heavy atom. The van der Waals surface area contributed by atoms with E-state index in [4.69, 9.17) is 4.74 Å². The van der Waals surface area contributed by atoms with Crippen molar-refractivity contribution in [3.8, 4) is 11.5 Å². The smallest absolute Gasteiger partial charge is 0.225 e. The van der Waals surface area contributed by atoms with Gasteiger partial charge in [0.2, 0.25) is 5.91 Å². The molecule has 2 N–H and O–H groups in total. The number of carbonyl (C=O) groups is 1. The fourth-order valence-corrected chi connectivity index (χ4v) is 2.71. The van der Waals surface area contributed by atoms with Gasteiger partial charge < -0.3 is 15.4 Å². The minimum Gasteiger partial charge on any atom is -0.457 e. The van der Waals surface area contributed by atoms with Crippen molar-refractivity contribution < 1.29 is 9.53 Å². The molecule has 27 heavy (non-hydrogen) atoms. The second-order valence-corrected chi connectivity index (χ2v) is 6.40. The molecular weight excluding hydrogens is 336 g/mol. The number of amides is 1. The number of para-hydroxylation sites is 1. The van der Waals surface area contributed by atoms with Gasteiger partial charge in [-0.05, 0) is 48.9 Å². The molecule has 0 aliphatic carbocycles. The Bertz CT molecular complexity index is 861. The number of hydrogen-bond donors (Lipinski definition) is 2. The van der Waals surface area contributed by atoms with Crippen molar-refractivity contribution in [3.05, 3.63) is 90.0 Å². The molecule has 3 aromatic rings. The van der Waals surface area contributed by atoms with Gasteiger partial charge in [0.25, 0.3) is 0 Å². The quantitative estimate of drug-likeness (QED) is 0.562. The first-order chi connectivity index (χ1) is 13.2. The van der Waals surface area contributed by atoms with Crippen LogP contribution in [0, 0.1) is 6.92 Å². The van der Waals surface area contributed by atoms with E-state index in [1.165, 1.54) is 11.1 Å². The minimum absolute atomic E-state index is 0.0107. The lowest BCUT2D eigenvalue weighted by atomic mass is 10.1. The standard InChI is InChI=1S/C23H24N2O2/c1-18-6-5-7-19(16-18)17-24-15-14-23(26)25-20-10-12-22(13-11-20)27-21-8-3-2-4-9-21/h2-13,16,24H,14-15,17H2,1H3,(H,25,26). The third kappa shape index (κ3) is 6.28. The number of ether oxygens (including phenoxy) is 1. The number of nitrogens with one attached hydrogen (secondary N) is 2. The average Bonchev–Trinajstić information content (AvgIpc) is 2.68. The van der Waals surface area contributed by atoms with Crippen LogP contribution in [0.4, 0.5) is 5.69 Å². The summed E-state index contributed by atoms with van der Waals surface area (Å²) in [6.45, 7) is 3.47. The summed E-state index contributed by atoms with van der Waals surface area (Å²) >= 11 is 0. The highest BCUT2D eigenvalue weighted by molar-refractivity contribution is 5.90. The van der Waals surface area contributed by atoms with Gasteiger partial charge in [-0.2, -0.15) is 0 Å². The molecule has 3 rings (SSSR count). The molecule has 0 heterocycles. The Hall–Kier alpha value is -3.11. The molecule has 4 nitrogen and oxygen atoms in total. The van der Waals surface area contributed by atoms with Gasteiger partial charge in [-0.15, -0.1) is 0 Å². The van der Waals surface area contributed by atoms with E-state index >= 15 is 0 Å². The lowest BCUT2D eigenvalue weighted by Gasteiger charge is -2.09. The van der Waals surface area contributed by atoms with E-state index in [1.807, 2.05) is 60.7 Å². The Kier molecular flexibility index (Phi) is 6.61. The first kappa shape index (κ1) is 18.7. The summed E-state index contributed by atoms with van der Waals surface area (Å²) in [5.41, 5.74) is 3.23. The van der Waals surface area contributed by atoms with E-state index < -0.39 is 0 Å². The maximum Gasteiger partial charge on any atom is 0.225 e. The predicted molar refractivity (Wildman–Crippen MR) is 109 cm³/mol. The van der Waals surface area contributed by atoms with Crippen LogP contribution in [0.2, 0.25) is 0 Å². The molecule has 0 radical (unpaired) electrons. The zero-order valence-electron chi connectivity index (χ0n) is 15.4. The minimum atomic E-state index is -0.0107. The van der Waals surface area contributed by atoms with Crippen molar-refractivity contribution in [2.24, 2.45) is 0 Å². The second-order valence-electron chi connectivity index (χ2n) is 6.40. The molecule has 3 aromatic carbocycles. The molecule has 0 unspecified atom stereocenters. The topological polar surface area (TPSA) is 50.4 Å². The fourth-order valence-electron chi connectivity index (χ4n) is 2.71. The molecule has 138 valence electrons. The van der Waals surface area contributed by atoms with Gasteiger partial charge in [0.05, 0.1) is 0 Å². The molecule has 0 fully saturated rings. The Balaban J connectivity index is 1.40. The highest BCUT2D eigenvalue weighted by atomic mass is 16.5. The highest BCUT2D eigenvalue weighted by Gasteiger charge is 2.03. The van der Waals surface area contributed by atoms with Crippen molar-refractivity contribution in [2.45, 2.75) is 19.9 Å². The Morgan fingerprint density at radius 1 is 0.889 bits per heavy atom. The maximum absolute atomic E-state index is 12.1.